The summed E-state index contributed by atoms with van der Waals surface area (Å²) < 4.78 is 0. The molecule has 0 spiro atoms. The lowest BCUT2D eigenvalue weighted by atomic mass is 10.1. The second kappa shape index (κ2) is 8.61. The number of aromatic nitrogens is 2. The highest BCUT2D eigenvalue weighted by atomic mass is 16.1. The van der Waals surface area contributed by atoms with Crippen molar-refractivity contribution >= 4 is 34.1 Å². The van der Waals surface area contributed by atoms with E-state index in [2.05, 4.69) is 26.7 Å². The lowest BCUT2D eigenvalue weighted by Crippen LogP contribution is -2.25. The zero-order valence-corrected chi connectivity index (χ0v) is 16.6. The number of anilines is 2. The van der Waals surface area contributed by atoms with Gasteiger partial charge in [0, 0.05) is 41.1 Å². The Morgan fingerprint density at radius 2 is 1.73 bits per heavy atom. The number of pyridine rings is 1. The van der Waals surface area contributed by atoms with E-state index in [4.69, 9.17) is 0 Å². The normalized spacial score (nSPS) is 10.7. The Labute approximate surface area is 174 Å². The largest absolute Gasteiger partial charge is 0.361 e. The number of fused-ring (bicyclic) bond motifs is 1. The molecule has 4 rings (SSSR count). The summed E-state index contributed by atoms with van der Waals surface area (Å²) in [7, 11) is 0. The molecular formula is C24H22N4O2. The summed E-state index contributed by atoms with van der Waals surface area (Å²) >= 11 is 0. The van der Waals surface area contributed by atoms with E-state index in [-0.39, 0.29) is 11.7 Å². The molecule has 6 nitrogen and oxygen atoms in total. The monoisotopic (exact) mass is 398 g/mol. The third-order valence-corrected chi connectivity index (χ3v) is 4.94. The van der Waals surface area contributed by atoms with Gasteiger partial charge >= 0.3 is 0 Å². The molecule has 30 heavy (non-hydrogen) atoms. The highest BCUT2D eigenvalue weighted by molar-refractivity contribution is 5.95. The number of amides is 1. The number of rotatable bonds is 7. The summed E-state index contributed by atoms with van der Waals surface area (Å²) in [6, 6.07) is 18.8. The third kappa shape index (κ3) is 4.38. The number of ketones is 1. The molecule has 150 valence electrons. The van der Waals surface area contributed by atoms with Gasteiger partial charge in [-0.15, -0.1) is 0 Å². The summed E-state index contributed by atoms with van der Waals surface area (Å²) in [5, 5.41) is 7.28. The topological polar surface area (TPSA) is 86.9 Å². The van der Waals surface area contributed by atoms with Crippen molar-refractivity contribution in [3.8, 4) is 0 Å². The summed E-state index contributed by atoms with van der Waals surface area (Å²) in [6.45, 7) is 2.08. The molecule has 0 aliphatic carbocycles. The molecule has 2 heterocycles. The van der Waals surface area contributed by atoms with Crippen LogP contribution in [0.5, 0.6) is 0 Å². The Kier molecular flexibility index (Phi) is 5.57. The van der Waals surface area contributed by atoms with Crippen LogP contribution >= 0.6 is 0 Å². The smallest absolute Gasteiger partial charge is 0.252 e. The molecule has 0 unspecified atom stereocenters. The molecule has 0 radical (unpaired) electrons. The summed E-state index contributed by atoms with van der Waals surface area (Å²) in [4.78, 5) is 31.3. The highest BCUT2D eigenvalue weighted by Crippen LogP contribution is 2.18. The third-order valence-electron chi connectivity index (χ3n) is 4.94. The number of hydrogen-bond acceptors (Lipinski definition) is 4. The SMILES string of the molecule is CC(=O)c1ccc(Nc2ccc(C(=O)NCCc3c[nH]c4ccccc34)cn2)cc1. The molecular weight excluding hydrogens is 376 g/mol. The van der Waals surface area contributed by atoms with Gasteiger partial charge in [0.25, 0.3) is 5.91 Å². The van der Waals surface area contributed by atoms with E-state index in [0.29, 0.717) is 23.5 Å². The number of H-pyrrole nitrogens is 1. The minimum Gasteiger partial charge on any atom is -0.361 e. The van der Waals surface area contributed by atoms with Crippen LogP contribution in [0.4, 0.5) is 11.5 Å². The van der Waals surface area contributed by atoms with Crippen molar-refractivity contribution in [3.63, 3.8) is 0 Å². The molecule has 0 aliphatic rings. The number of hydrogen-bond donors (Lipinski definition) is 3. The van der Waals surface area contributed by atoms with Gasteiger partial charge in [0.2, 0.25) is 0 Å². The van der Waals surface area contributed by atoms with Gasteiger partial charge in [-0.2, -0.15) is 0 Å². The number of nitrogens with one attached hydrogen (secondary N) is 3. The fraction of sp³-hybridized carbons (Fsp3) is 0.125. The zero-order chi connectivity index (χ0) is 20.9. The van der Waals surface area contributed by atoms with E-state index in [1.807, 2.05) is 36.5 Å². The van der Waals surface area contributed by atoms with E-state index >= 15 is 0 Å². The summed E-state index contributed by atoms with van der Waals surface area (Å²) in [5.41, 5.74) is 4.27. The van der Waals surface area contributed by atoms with Gasteiger partial charge in [-0.3, -0.25) is 9.59 Å². The maximum atomic E-state index is 12.4. The first-order chi connectivity index (χ1) is 14.6. The fourth-order valence-electron chi connectivity index (χ4n) is 3.29. The van der Waals surface area contributed by atoms with Crippen LogP contribution in [0, 0.1) is 0 Å². The molecule has 2 aromatic heterocycles. The van der Waals surface area contributed by atoms with Crippen LogP contribution in [0.3, 0.4) is 0 Å². The average molecular weight is 398 g/mol. The maximum absolute atomic E-state index is 12.4. The second-order valence-corrected chi connectivity index (χ2v) is 7.06. The Balaban J connectivity index is 1.32. The van der Waals surface area contributed by atoms with E-state index < -0.39 is 0 Å². The predicted octanol–water partition coefficient (Wildman–Crippen LogP) is 4.48. The van der Waals surface area contributed by atoms with Gasteiger partial charge in [-0.25, -0.2) is 4.98 Å². The lowest BCUT2D eigenvalue weighted by Gasteiger charge is -2.08. The highest BCUT2D eigenvalue weighted by Gasteiger charge is 2.08. The molecule has 0 saturated carbocycles. The minimum atomic E-state index is -0.153. The first-order valence-electron chi connectivity index (χ1n) is 9.77. The predicted molar refractivity (Wildman–Crippen MR) is 118 cm³/mol. The Bertz CT molecular complexity index is 1180. The molecule has 0 atom stereocenters. The number of carbonyl (C=O) groups excluding carboxylic acids is 2. The van der Waals surface area contributed by atoms with Crippen molar-refractivity contribution in [2.75, 3.05) is 11.9 Å². The van der Waals surface area contributed by atoms with E-state index in [1.54, 1.807) is 30.5 Å². The lowest BCUT2D eigenvalue weighted by molar-refractivity contribution is 0.0952. The molecule has 0 bridgehead atoms. The number of benzene rings is 2. The van der Waals surface area contributed by atoms with Crippen LogP contribution in [0.15, 0.2) is 73.1 Å². The Morgan fingerprint density at radius 1 is 0.967 bits per heavy atom. The second-order valence-electron chi connectivity index (χ2n) is 7.06. The molecule has 2 aromatic carbocycles. The number of nitrogens with zero attached hydrogens (tertiary/aromatic N) is 1. The molecule has 0 saturated heterocycles. The van der Waals surface area contributed by atoms with Crippen molar-refractivity contribution in [1.29, 1.82) is 0 Å². The first kappa shape index (κ1) is 19.4. The summed E-state index contributed by atoms with van der Waals surface area (Å²) in [6.07, 6.45) is 4.29. The molecule has 0 aliphatic heterocycles. The zero-order valence-electron chi connectivity index (χ0n) is 16.6. The Morgan fingerprint density at radius 3 is 2.47 bits per heavy atom. The van der Waals surface area contributed by atoms with Crippen LogP contribution in [-0.2, 0) is 6.42 Å². The van der Waals surface area contributed by atoms with Crippen LogP contribution in [0.1, 0.15) is 33.2 Å². The van der Waals surface area contributed by atoms with E-state index in [9.17, 15) is 9.59 Å². The van der Waals surface area contributed by atoms with Crippen molar-refractivity contribution < 1.29 is 9.59 Å². The maximum Gasteiger partial charge on any atom is 0.252 e. The fourth-order valence-corrected chi connectivity index (χ4v) is 3.29. The number of Topliss-reactive ketones (excluding diaryl/α,β-unsaturated/α-hetero) is 1. The van der Waals surface area contributed by atoms with Crippen molar-refractivity contribution in [3.05, 3.63) is 89.7 Å². The van der Waals surface area contributed by atoms with Gasteiger partial charge < -0.3 is 15.6 Å². The van der Waals surface area contributed by atoms with Gasteiger partial charge in [0.15, 0.2) is 5.78 Å². The summed E-state index contributed by atoms with van der Waals surface area (Å²) in [5.74, 6) is 0.500. The minimum absolute atomic E-state index is 0.0275. The van der Waals surface area contributed by atoms with E-state index in [1.165, 1.54) is 17.9 Å². The van der Waals surface area contributed by atoms with Gasteiger partial charge in [-0.1, -0.05) is 18.2 Å². The molecule has 1 amide bonds. The van der Waals surface area contributed by atoms with Crippen molar-refractivity contribution in [2.45, 2.75) is 13.3 Å². The van der Waals surface area contributed by atoms with Crippen molar-refractivity contribution in [2.24, 2.45) is 0 Å². The molecule has 3 N–H and O–H groups in total. The number of carbonyl (C=O) groups is 2. The Hall–Kier alpha value is -3.93. The van der Waals surface area contributed by atoms with Gasteiger partial charge in [-0.05, 0) is 61.4 Å². The first-order valence-corrected chi connectivity index (χ1v) is 9.77. The van der Waals surface area contributed by atoms with Crippen LogP contribution < -0.4 is 10.6 Å². The van der Waals surface area contributed by atoms with Gasteiger partial charge in [0.1, 0.15) is 5.82 Å². The number of para-hydroxylation sites is 1. The van der Waals surface area contributed by atoms with Crippen LogP contribution in [0.2, 0.25) is 0 Å². The van der Waals surface area contributed by atoms with E-state index in [0.717, 1.165) is 17.6 Å². The molecule has 6 heteroatoms. The number of aromatic amines is 1. The van der Waals surface area contributed by atoms with Crippen LogP contribution in [-0.4, -0.2) is 28.2 Å². The molecule has 0 fully saturated rings. The standard InChI is InChI=1S/C24H22N4O2/c1-16(29)17-6-9-20(10-7-17)28-23-11-8-19(15-27-23)24(30)25-13-12-18-14-26-22-5-3-2-4-21(18)22/h2-11,14-15,26H,12-13H2,1H3,(H,25,30)(H,27,28). The van der Waals surface area contributed by atoms with Crippen molar-refractivity contribution in [1.82, 2.24) is 15.3 Å². The van der Waals surface area contributed by atoms with Crippen LogP contribution in [0.25, 0.3) is 10.9 Å². The quantitative estimate of drug-likeness (QED) is 0.401. The van der Waals surface area contributed by atoms with Gasteiger partial charge in [0.05, 0.1) is 5.56 Å². The molecule has 4 aromatic rings. The average Bonchev–Trinajstić information content (AvgIpc) is 3.18.